The van der Waals surface area contributed by atoms with Crippen molar-refractivity contribution in [3.05, 3.63) is 78.1 Å². The Hall–Kier alpha value is -3.68. The third kappa shape index (κ3) is 3.32. The van der Waals surface area contributed by atoms with Crippen molar-refractivity contribution in [1.29, 1.82) is 0 Å². The molecule has 4 aromatic rings. The maximum atomic E-state index is 13.3. The van der Waals surface area contributed by atoms with Gasteiger partial charge in [-0.05, 0) is 30.3 Å². The van der Waals surface area contributed by atoms with Crippen LogP contribution < -0.4 is 5.32 Å². The first kappa shape index (κ1) is 17.7. The van der Waals surface area contributed by atoms with Crippen LogP contribution >= 0.6 is 0 Å². The Balaban J connectivity index is 1.78. The number of amides is 1. The molecule has 0 saturated carbocycles. The van der Waals surface area contributed by atoms with E-state index in [1.165, 1.54) is 24.4 Å². The number of H-pyrrole nitrogens is 1. The summed E-state index contributed by atoms with van der Waals surface area (Å²) in [6.45, 7) is 0. The molecule has 0 unspecified atom stereocenters. The van der Waals surface area contributed by atoms with Gasteiger partial charge in [0.2, 0.25) is 0 Å². The van der Waals surface area contributed by atoms with E-state index in [2.05, 4.69) is 20.3 Å². The summed E-state index contributed by atoms with van der Waals surface area (Å²) in [6.07, 6.45) is -1.45. The lowest BCUT2D eigenvalue weighted by Gasteiger charge is -2.10. The van der Waals surface area contributed by atoms with Crippen molar-refractivity contribution in [1.82, 2.24) is 15.0 Å². The summed E-state index contributed by atoms with van der Waals surface area (Å²) in [5.74, 6) is -0.384. The number of nitrogens with zero attached hydrogens (tertiary/aromatic N) is 2. The van der Waals surface area contributed by atoms with Gasteiger partial charge in [0.15, 0.2) is 0 Å². The minimum atomic E-state index is -4.52. The second kappa shape index (κ2) is 6.80. The number of imidazole rings is 1. The van der Waals surface area contributed by atoms with E-state index in [0.717, 1.165) is 6.07 Å². The molecule has 2 aromatic carbocycles. The largest absolute Gasteiger partial charge is 0.417 e. The Kier molecular flexibility index (Phi) is 4.31. The van der Waals surface area contributed by atoms with E-state index in [-0.39, 0.29) is 22.5 Å². The fraction of sp³-hybridized carbons (Fsp3) is 0.0500. The van der Waals surface area contributed by atoms with Gasteiger partial charge in [0.1, 0.15) is 11.3 Å². The zero-order chi connectivity index (χ0) is 19.7. The number of halogens is 3. The lowest BCUT2D eigenvalue weighted by Crippen LogP contribution is -2.12. The van der Waals surface area contributed by atoms with Crippen LogP contribution in [0, 0.1) is 0 Å². The minimum Gasteiger partial charge on any atom is -0.338 e. The second-order valence-corrected chi connectivity index (χ2v) is 6.03. The van der Waals surface area contributed by atoms with Crippen LogP contribution in [0.1, 0.15) is 15.9 Å². The summed E-state index contributed by atoms with van der Waals surface area (Å²) < 4.78 is 40.0. The van der Waals surface area contributed by atoms with Crippen LogP contribution in [-0.2, 0) is 6.18 Å². The van der Waals surface area contributed by atoms with Crippen LogP contribution in [0.2, 0.25) is 0 Å². The Bertz CT molecular complexity index is 1150. The summed E-state index contributed by atoms with van der Waals surface area (Å²) in [5, 5.41) is 2.70. The number of aromatic nitrogens is 3. The van der Waals surface area contributed by atoms with Crippen molar-refractivity contribution < 1.29 is 18.0 Å². The molecule has 1 amide bonds. The van der Waals surface area contributed by atoms with Gasteiger partial charge in [-0.3, -0.25) is 9.78 Å². The number of carbonyl (C=O) groups excluding carboxylic acids is 1. The van der Waals surface area contributed by atoms with Crippen LogP contribution in [0.4, 0.5) is 18.9 Å². The number of hydrogen-bond donors (Lipinski definition) is 2. The molecule has 0 aliphatic heterocycles. The highest BCUT2D eigenvalue weighted by atomic mass is 19.4. The third-order valence-corrected chi connectivity index (χ3v) is 4.16. The number of aromatic amines is 1. The summed E-state index contributed by atoms with van der Waals surface area (Å²) in [5.41, 5.74) is 0.623. The Morgan fingerprint density at radius 1 is 1.00 bits per heavy atom. The lowest BCUT2D eigenvalue weighted by molar-refractivity contribution is -0.137. The van der Waals surface area contributed by atoms with Gasteiger partial charge in [0.05, 0.1) is 28.5 Å². The highest BCUT2D eigenvalue weighted by molar-refractivity contribution is 6.11. The molecule has 2 heterocycles. The monoisotopic (exact) mass is 382 g/mol. The Morgan fingerprint density at radius 3 is 2.57 bits per heavy atom. The fourth-order valence-electron chi connectivity index (χ4n) is 2.91. The first-order valence-electron chi connectivity index (χ1n) is 8.30. The Morgan fingerprint density at radius 2 is 1.82 bits per heavy atom. The zero-order valence-electron chi connectivity index (χ0n) is 14.3. The number of rotatable bonds is 3. The van der Waals surface area contributed by atoms with Gasteiger partial charge in [0.25, 0.3) is 5.91 Å². The molecule has 140 valence electrons. The molecule has 0 spiro atoms. The lowest BCUT2D eigenvalue weighted by atomic mass is 10.1. The van der Waals surface area contributed by atoms with E-state index in [1.807, 2.05) is 0 Å². The van der Waals surface area contributed by atoms with Crippen molar-refractivity contribution in [2.24, 2.45) is 0 Å². The molecule has 0 aliphatic carbocycles. The Labute approximate surface area is 157 Å². The number of alkyl halides is 3. The molecule has 4 rings (SSSR count). The van der Waals surface area contributed by atoms with Gasteiger partial charge in [-0.1, -0.05) is 24.3 Å². The van der Waals surface area contributed by atoms with Crippen molar-refractivity contribution in [3.63, 3.8) is 0 Å². The molecule has 0 aliphatic rings. The van der Waals surface area contributed by atoms with Gasteiger partial charge in [-0.2, -0.15) is 13.2 Å². The number of anilines is 1. The number of para-hydroxylation sites is 1. The molecule has 0 saturated heterocycles. The van der Waals surface area contributed by atoms with Crippen LogP contribution in [0.5, 0.6) is 0 Å². The average molecular weight is 382 g/mol. The van der Waals surface area contributed by atoms with Gasteiger partial charge in [-0.25, -0.2) is 4.98 Å². The van der Waals surface area contributed by atoms with Crippen LogP contribution in [-0.4, -0.2) is 20.9 Å². The van der Waals surface area contributed by atoms with Gasteiger partial charge in [-0.15, -0.1) is 0 Å². The predicted molar refractivity (Wildman–Crippen MR) is 98.7 cm³/mol. The standard InChI is InChI=1S/C20H13F3N4O/c21-20(22,23)15-8-2-1-6-13(15)18-26-16-9-3-7-14(17(16)27-18)19(28)25-12-5-4-10-24-11-12/h1-11H,(H,25,28)(H,26,27). The highest BCUT2D eigenvalue weighted by Gasteiger charge is 2.34. The number of hydrogen-bond acceptors (Lipinski definition) is 3. The molecule has 0 radical (unpaired) electrons. The van der Waals surface area contributed by atoms with Gasteiger partial charge in [0, 0.05) is 11.8 Å². The normalized spacial score (nSPS) is 11.5. The van der Waals surface area contributed by atoms with E-state index in [9.17, 15) is 18.0 Å². The molecule has 8 heteroatoms. The van der Waals surface area contributed by atoms with Crippen molar-refractivity contribution >= 4 is 22.6 Å². The van der Waals surface area contributed by atoms with Crippen molar-refractivity contribution in [3.8, 4) is 11.4 Å². The third-order valence-electron chi connectivity index (χ3n) is 4.16. The number of carbonyl (C=O) groups is 1. The summed E-state index contributed by atoms with van der Waals surface area (Å²) >= 11 is 0. The zero-order valence-corrected chi connectivity index (χ0v) is 14.3. The van der Waals surface area contributed by atoms with E-state index in [1.54, 1.807) is 36.5 Å². The average Bonchev–Trinajstić information content (AvgIpc) is 3.12. The first-order valence-corrected chi connectivity index (χ1v) is 8.30. The SMILES string of the molecule is O=C(Nc1cccnc1)c1cccc2[nH]c(-c3ccccc3C(F)(F)F)nc12. The first-order chi connectivity index (χ1) is 13.4. The van der Waals surface area contributed by atoms with E-state index < -0.39 is 17.6 Å². The highest BCUT2D eigenvalue weighted by Crippen LogP contribution is 2.36. The van der Waals surface area contributed by atoms with Gasteiger partial charge < -0.3 is 10.3 Å². The summed E-state index contributed by atoms with van der Waals surface area (Å²) in [6, 6.07) is 13.4. The topological polar surface area (TPSA) is 70.7 Å². The molecule has 2 aromatic heterocycles. The van der Waals surface area contributed by atoms with Crippen molar-refractivity contribution in [2.75, 3.05) is 5.32 Å². The van der Waals surface area contributed by atoms with Crippen LogP contribution in [0.25, 0.3) is 22.4 Å². The predicted octanol–water partition coefficient (Wildman–Crippen LogP) is 4.90. The number of pyridine rings is 1. The number of benzene rings is 2. The van der Waals surface area contributed by atoms with Crippen molar-refractivity contribution in [2.45, 2.75) is 6.18 Å². The van der Waals surface area contributed by atoms with E-state index in [4.69, 9.17) is 0 Å². The minimum absolute atomic E-state index is 0.0459. The summed E-state index contributed by atoms with van der Waals surface area (Å²) in [7, 11) is 0. The maximum absolute atomic E-state index is 13.3. The van der Waals surface area contributed by atoms with E-state index >= 15 is 0 Å². The molecule has 28 heavy (non-hydrogen) atoms. The number of nitrogens with one attached hydrogen (secondary N) is 2. The fourth-order valence-corrected chi connectivity index (χ4v) is 2.91. The molecule has 0 bridgehead atoms. The quantitative estimate of drug-likeness (QED) is 0.530. The van der Waals surface area contributed by atoms with Crippen LogP contribution in [0.15, 0.2) is 67.0 Å². The molecular formula is C20H13F3N4O. The summed E-state index contributed by atoms with van der Waals surface area (Å²) in [4.78, 5) is 23.7. The molecular weight excluding hydrogens is 369 g/mol. The second-order valence-electron chi connectivity index (χ2n) is 6.03. The molecule has 2 N–H and O–H groups in total. The molecule has 0 atom stereocenters. The molecule has 0 fully saturated rings. The van der Waals surface area contributed by atoms with E-state index in [0.29, 0.717) is 11.2 Å². The van der Waals surface area contributed by atoms with Gasteiger partial charge >= 0.3 is 6.18 Å². The molecule has 5 nitrogen and oxygen atoms in total. The van der Waals surface area contributed by atoms with Crippen LogP contribution in [0.3, 0.4) is 0 Å². The smallest absolute Gasteiger partial charge is 0.338 e. The maximum Gasteiger partial charge on any atom is 0.417 e. The number of fused-ring (bicyclic) bond motifs is 1.